The van der Waals surface area contributed by atoms with E-state index in [4.69, 9.17) is 19.6 Å². The number of nitrogen functional groups attached to an aromatic ring is 1. The number of hydrogen-bond acceptors (Lipinski definition) is 7. The smallest absolute Gasteiger partial charge is 0.410 e. The van der Waals surface area contributed by atoms with Crippen LogP contribution in [0.15, 0.2) is 40.8 Å². The van der Waals surface area contributed by atoms with Gasteiger partial charge in [0.1, 0.15) is 11.1 Å². The van der Waals surface area contributed by atoms with Gasteiger partial charge in [-0.1, -0.05) is 0 Å². The molecular formula is C26H34N4O4. The molecule has 1 amide bonds. The molecular weight excluding hydrogens is 432 g/mol. The SMILES string of the molecule is Cc1cc(N)cc2nc(-c3ccc(NCCOC4CCN(C(=O)OC(C)(C)C)CC4)cc3)oc12. The Morgan fingerprint density at radius 3 is 2.59 bits per heavy atom. The molecule has 0 unspecified atom stereocenters. The number of fused-ring (bicyclic) bond motifs is 1. The fourth-order valence-corrected chi connectivity index (χ4v) is 4.03. The molecule has 34 heavy (non-hydrogen) atoms. The second kappa shape index (κ2) is 9.93. The topological polar surface area (TPSA) is 103 Å². The van der Waals surface area contributed by atoms with E-state index in [-0.39, 0.29) is 12.2 Å². The summed E-state index contributed by atoms with van der Waals surface area (Å²) in [4.78, 5) is 18.5. The number of nitrogens with zero attached hydrogens (tertiary/aromatic N) is 2. The highest BCUT2D eigenvalue weighted by atomic mass is 16.6. The molecule has 8 nitrogen and oxygen atoms in total. The predicted octanol–water partition coefficient (Wildman–Crippen LogP) is 5.21. The number of hydrogen-bond donors (Lipinski definition) is 2. The lowest BCUT2D eigenvalue weighted by atomic mass is 10.1. The van der Waals surface area contributed by atoms with Crippen molar-refractivity contribution in [2.45, 2.75) is 52.2 Å². The van der Waals surface area contributed by atoms with Crippen LogP contribution < -0.4 is 11.1 Å². The molecule has 8 heteroatoms. The van der Waals surface area contributed by atoms with Crippen molar-refractivity contribution < 1.29 is 18.7 Å². The second-order valence-corrected chi connectivity index (χ2v) is 9.75. The Labute approximate surface area is 200 Å². The maximum absolute atomic E-state index is 12.2. The summed E-state index contributed by atoms with van der Waals surface area (Å²) in [6.07, 6.45) is 1.57. The van der Waals surface area contributed by atoms with Gasteiger partial charge in [0, 0.05) is 36.6 Å². The molecule has 0 spiro atoms. The third kappa shape index (κ3) is 5.99. The number of aryl methyl sites for hydroxylation is 1. The largest absolute Gasteiger partial charge is 0.444 e. The number of benzene rings is 2. The molecule has 3 aromatic rings. The molecule has 3 N–H and O–H groups in total. The first-order valence-electron chi connectivity index (χ1n) is 11.8. The van der Waals surface area contributed by atoms with Crippen LogP contribution in [0.25, 0.3) is 22.6 Å². The van der Waals surface area contributed by atoms with Gasteiger partial charge in [-0.05, 0) is 82.5 Å². The predicted molar refractivity (Wildman–Crippen MR) is 134 cm³/mol. The maximum atomic E-state index is 12.2. The van der Waals surface area contributed by atoms with E-state index in [0.29, 0.717) is 37.8 Å². The average Bonchev–Trinajstić information content (AvgIpc) is 3.21. The van der Waals surface area contributed by atoms with Gasteiger partial charge in [-0.3, -0.25) is 0 Å². The summed E-state index contributed by atoms with van der Waals surface area (Å²) in [5.74, 6) is 0.580. The van der Waals surface area contributed by atoms with Crippen molar-refractivity contribution >= 4 is 28.6 Å². The standard InChI is InChI=1S/C26H34N4O4/c1-17-15-19(27)16-22-23(17)33-24(29-22)18-5-7-20(8-6-18)28-11-14-32-21-9-12-30(13-10-21)25(31)34-26(2,3)4/h5-8,15-16,21,28H,9-14,27H2,1-4H3. The van der Waals surface area contributed by atoms with E-state index in [1.165, 1.54) is 0 Å². The summed E-state index contributed by atoms with van der Waals surface area (Å²) in [6.45, 7) is 10.2. The third-order valence-electron chi connectivity index (χ3n) is 5.71. The highest BCUT2D eigenvalue weighted by molar-refractivity contribution is 5.82. The lowest BCUT2D eigenvalue weighted by Crippen LogP contribution is -2.43. The van der Waals surface area contributed by atoms with Crippen molar-refractivity contribution in [2.24, 2.45) is 0 Å². The number of oxazole rings is 1. The highest BCUT2D eigenvalue weighted by Crippen LogP contribution is 2.28. The Balaban J connectivity index is 1.21. The van der Waals surface area contributed by atoms with Gasteiger partial charge in [-0.2, -0.15) is 0 Å². The summed E-state index contributed by atoms with van der Waals surface area (Å²) in [6, 6.07) is 11.7. The first-order valence-corrected chi connectivity index (χ1v) is 11.8. The van der Waals surface area contributed by atoms with Crippen LogP contribution in [0.5, 0.6) is 0 Å². The zero-order valence-electron chi connectivity index (χ0n) is 20.4. The normalized spacial score (nSPS) is 15.0. The van der Waals surface area contributed by atoms with E-state index in [9.17, 15) is 4.79 Å². The van der Waals surface area contributed by atoms with Crippen molar-refractivity contribution in [3.05, 3.63) is 42.0 Å². The molecule has 1 aromatic heterocycles. The van der Waals surface area contributed by atoms with Crippen LogP contribution in [0.1, 0.15) is 39.2 Å². The van der Waals surface area contributed by atoms with Crippen LogP contribution in [0.4, 0.5) is 16.2 Å². The first-order chi connectivity index (χ1) is 16.2. The lowest BCUT2D eigenvalue weighted by molar-refractivity contribution is -0.00878. The van der Waals surface area contributed by atoms with E-state index in [1.807, 2.05) is 64.1 Å². The summed E-state index contributed by atoms with van der Waals surface area (Å²) in [5.41, 5.74) is 10.5. The fraction of sp³-hybridized carbons (Fsp3) is 0.462. The number of anilines is 2. The van der Waals surface area contributed by atoms with Crippen molar-refractivity contribution in [1.82, 2.24) is 9.88 Å². The molecule has 0 saturated carbocycles. The average molecular weight is 467 g/mol. The van der Waals surface area contributed by atoms with Gasteiger partial charge in [0.05, 0.1) is 12.7 Å². The Bertz CT molecular complexity index is 1130. The van der Waals surface area contributed by atoms with E-state index in [1.54, 1.807) is 4.90 Å². The molecule has 1 aliphatic rings. The van der Waals surface area contributed by atoms with E-state index in [0.717, 1.165) is 40.8 Å². The minimum Gasteiger partial charge on any atom is -0.444 e. The third-order valence-corrected chi connectivity index (χ3v) is 5.71. The van der Waals surface area contributed by atoms with Crippen LogP contribution in [-0.2, 0) is 9.47 Å². The van der Waals surface area contributed by atoms with E-state index < -0.39 is 5.60 Å². The lowest BCUT2D eigenvalue weighted by Gasteiger charge is -2.33. The van der Waals surface area contributed by atoms with Gasteiger partial charge in [-0.25, -0.2) is 9.78 Å². The van der Waals surface area contributed by atoms with Gasteiger partial charge >= 0.3 is 6.09 Å². The number of amides is 1. The molecule has 0 bridgehead atoms. The number of carbonyl (C=O) groups excluding carboxylic acids is 1. The van der Waals surface area contributed by atoms with Crippen molar-refractivity contribution in [3.63, 3.8) is 0 Å². The number of carbonyl (C=O) groups is 1. The van der Waals surface area contributed by atoms with Crippen molar-refractivity contribution in [3.8, 4) is 11.5 Å². The maximum Gasteiger partial charge on any atom is 0.410 e. The van der Waals surface area contributed by atoms with Crippen LogP contribution in [-0.4, -0.2) is 53.9 Å². The van der Waals surface area contributed by atoms with Crippen LogP contribution in [0, 0.1) is 6.92 Å². The van der Waals surface area contributed by atoms with Gasteiger partial charge in [0.2, 0.25) is 5.89 Å². The molecule has 4 rings (SSSR count). The zero-order valence-corrected chi connectivity index (χ0v) is 20.4. The number of likely N-dealkylation sites (tertiary alicyclic amines) is 1. The Morgan fingerprint density at radius 2 is 1.91 bits per heavy atom. The molecule has 0 atom stereocenters. The minimum atomic E-state index is -0.468. The van der Waals surface area contributed by atoms with Gasteiger partial charge in [0.25, 0.3) is 0 Å². The van der Waals surface area contributed by atoms with E-state index in [2.05, 4.69) is 10.3 Å². The van der Waals surface area contributed by atoms with Gasteiger partial charge < -0.3 is 29.8 Å². The molecule has 1 aliphatic heterocycles. The summed E-state index contributed by atoms with van der Waals surface area (Å²) in [5, 5.41) is 3.38. The second-order valence-electron chi connectivity index (χ2n) is 9.75. The summed E-state index contributed by atoms with van der Waals surface area (Å²) < 4.78 is 17.4. The number of ether oxygens (including phenoxy) is 2. The van der Waals surface area contributed by atoms with Crippen LogP contribution >= 0.6 is 0 Å². The van der Waals surface area contributed by atoms with Gasteiger partial charge in [0.15, 0.2) is 5.58 Å². The Kier molecular flexibility index (Phi) is 6.97. The zero-order chi connectivity index (χ0) is 24.3. The number of nitrogens with one attached hydrogen (secondary N) is 1. The fourth-order valence-electron chi connectivity index (χ4n) is 4.03. The van der Waals surface area contributed by atoms with Crippen LogP contribution in [0.3, 0.4) is 0 Å². The number of rotatable bonds is 6. The van der Waals surface area contributed by atoms with Gasteiger partial charge in [-0.15, -0.1) is 0 Å². The minimum absolute atomic E-state index is 0.166. The number of aromatic nitrogens is 1. The monoisotopic (exact) mass is 466 g/mol. The molecule has 0 radical (unpaired) electrons. The molecule has 1 saturated heterocycles. The Morgan fingerprint density at radius 1 is 1.21 bits per heavy atom. The molecule has 182 valence electrons. The van der Waals surface area contributed by atoms with Crippen LogP contribution in [0.2, 0.25) is 0 Å². The molecule has 0 aliphatic carbocycles. The van der Waals surface area contributed by atoms with Crippen molar-refractivity contribution in [2.75, 3.05) is 37.3 Å². The highest BCUT2D eigenvalue weighted by Gasteiger charge is 2.27. The first kappa shape index (κ1) is 23.9. The molecule has 2 aromatic carbocycles. The van der Waals surface area contributed by atoms with Crippen molar-refractivity contribution in [1.29, 1.82) is 0 Å². The van der Waals surface area contributed by atoms with E-state index >= 15 is 0 Å². The summed E-state index contributed by atoms with van der Waals surface area (Å²) in [7, 11) is 0. The summed E-state index contributed by atoms with van der Waals surface area (Å²) >= 11 is 0. The molecule has 1 fully saturated rings. The quantitative estimate of drug-likeness (QED) is 0.379. The number of piperidine rings is 1. The Hall–Kier alpha value is -3.26. The molecule has 2 heterocycles. The number of nitrogens with two attached hydrogens (primary N) is 1.